The van der Waals surface area contributed by atoms with Crippen LogP contribution in [0.5, 0.6) is 0 Å². The number of hydrogen-bond acceptors (Lipinski definition) is 6. The Hall–Kier alpha value is -5.83. The number of anilines is 1. The van der Waals surface area contributed by atoms with Crippen molar-refractivity contribution in [1.82, 2.24) is 15.2 Å². The Labute approximate surface area is 263 Å². The molecule has 2 heterocycles. The Balaban J connectivity index is 0.000000656. The summed E-state index contributed by atoms with van der Waals surface area (Å²) in [7, 11) is 0. The van der Waals surface area contributed by atoms with Gasteiger partial charge in [0.2, 0.25) is 0 Å². The van der Waals surface area contributed by atoms with Crippen LogP contribution in [0.25, 0.3) is 10.9 Å². The van der Waals surface area contributed by atoms with Gasteiger partial charge in [-0.15, -0.1) is 0 Å². The number of H-pyrrole nitrogens is 1. The van der Waals surface area contributed by atoms with Crippen molar-refractivity contribution in [3.63, 3.8) is 0 Å². The van der Waals surface area contributed by atoms with Crippen molar-refractivity contribution in [3.05, 3.63) is 113 Å². The fourth-order valence-corrected chi connectivity index (χ4v) is 4.68. The van der Waals surface area contributed by atoms with Gasteiger partial charge in [-0.3, -0.25) is 14.5 Å². The average molecular weight is 634 g/mol. The minimum absolute atomic E-state index is 0. The van der Waals surface area contributed by atoms with Gasteiger partial charge in [-0.2, -0.15) is 0 Å². The number of rotatable bonds is 10. The Morgan fingerprint density at radius 2 is 1.59 bits per heavy atom. The van der Waals surface area contributed by atoms with Crippen molar-refractivity contribution >= 4 is 46.4 Å². The normalized spacial score (nSPS) is 13.7. The lowest BCUT2D eigenvalue weighted by Gasteiger charge is -2.14. The van der Waals surface area contributed by atoms with Crippen LogP contribution in [0.4, 0.5) is 10.5 Å². The summed E-state index contributed by atoms with van der Waals surface area (Å²) < 4.78 is 0. The molecule has 14 nitrogen and oxygen atoms in total. The van der Waals surface area contributed by atoms with E-state index in [-0.39, 0.29) is 29.3 Å². The van der Waals surface area contributed by atoms with Crippen LogP contribution in [-0.4, -0.2) is 73.4 Å². The van der Waals surface area contributed by atoms with E-state index in [1.165, 1.54) is 4.90 Å². The molecule has 5 rings (SSSR count). The van der Waals surface area contributed by atoms with Crippen LogP contribution >= 0.6 is 0 Å². The van der Waals surface area contributed by atoms with Crippen LogP contribution in [0.1, 0.15) is 27.0 Å². The first-order chi connectivity index (χ1) is 21.1. The van der Waals surface area contributed by atoms with E-state index in [2.05, 4.69) is 21.7 Å². The second kappa shape index (κ2) is 16.9. The number of nitrogens with zero attached hydrogens (tertiary/aromatic N) is 1. The molecular formula is C32H35N5O9. The number of imide groups is 1. The molecule has 0 saturated carbocycles. The number of aliphatic carboxylic acids is 2. The van der Waals surface area contributed by atoms with Gasteiger partial charge in [0.1, 0.15) is 6.04 Å². The smallest absolute Gasteiger partial charge is 0.328 e. The largest absolute Gasteiger partial charge is 0.478 e. The van der Waals surface area contributed by atoms with Crippen LogP contribution < -0.4 is 16.4 Å². The zero-order valence-corrected chi connectivity index (χ0v) is 24.5. The number of aromatic amines is 1. The third kappa shape index (κ3) is 9.59. The molecule has 0 aliphatic carbocycles. The number of benzene rings is 3. The fraction of sp³-hybridized carbons (Fsp3) is 0.156. The summed E-state index contributed by atoms with van der Waals surface area (Å²) in [5.74, 6) is -3.01. The molecule has 46 heavy (non-hydrogen) atoms. The highest BCUT2D eigenvalue weighted by Crippen LogP contribution is 2.23. The molecule has 1 aliphatic rings. The van der Waals surface area contributed by atoms with E-state index in [9.17, 15) is 24.0 Å². The SMILES string of the molecule is NCCc1c[nH]c2ccc(CC3NC(=O)N(Cc4cccc(NC(=O)c5ccccc5)c4)C3=O)cc12.O.O.O=C(O)/C=C\C(=O)O. The Bertz CT molecular complexity index is 1700. The summed E-state index contributed by atoms with van der Waals surface area (Å²) in [5, 5.41) is 22.4. The molecule has 1 saturated heterocycles. The van der Waals surface area contributed by atoms with E-state index < -0.39 is 24.0 Å². The van der Waals surface area contributed by atoms with Gasteiger partial charge in [0.15, 0.2) is 0 Å². The highest BCUT2D eigenvalue weighted by molar-refractivity contribution is 6.05. The molecule has 242 valence electrons. The van der Waals surface area contributed by atoms with E-state index in [4.69, 9.17) is 15.9 Å². The quantitative estimate of drug-likeness (QED) is 0.110. The molecule has 11 N–H and O–H groups in total. The minimum atomic E-state index is -1.26. The number of nitrogens with one attached hydrogen (secondary N) is 3. The number of aromatic nitrogens is 1. The Kier molecular flexibility index (Phi) is 13.3. The zero-order chi connectivity index (χ0) is 31.6. The molecule has 0 spiro atoms. The van der Waals surface area contributed by atoms with Gasteiger partial charge in [-0.05, 0) is 66.1 Å². The van der Waals surface area contributed by atoms with Crippen LogP contribution in [0.15, 0.2) is 91.1 Å². The molecule has 1 unspecified atom stereocenters. The predicted molar refractivity (Wildman–Crippen MR) is 170 cm³/mol. The first-order valence-corrected chi connectivity index (χ1v) is 13.6. The van der Waals surface area contributed by atoms with Crippen molar-refractivity contribution in [3.8, 4) is 0 Å². The molecule has 1 aromatic heterocycles. The summed E-state index contributed by atoms with van der Waals surface area (Å²) in [6.45, 7) is 0.675. The molecular weight excluding hydrogens is 598 g/mol. The van der Waals surface area contributed by atoms with E-state index in [1.54, 1.807) is 42.5 Å². The number of nitrogens with two attached hydrogens (primary N) is 1. The molecule has 1 aliphatic heterocycles. The van der Waals surface area contributed by atoms with E-state index in [0.717, 1.165) is 34.0 Å². The Morgan fingerprint density at radius 3 is 2.24 bits per heavy atom. The zero-order valence-electron chi connectivity index (χ0n) is 24.5. The average Bonchev–Trinajstić information content (AvgIpc) is 3.52. The summed E-state index contributed by atoms with van der Waals surface area (Å²) in [6.07, 6.45) is 4.24. The first kappa shape index (κ1) is 36.4. The third-order valence-corrected chi connectivity index (χ3v) is 6.72. The van der Waals surface area contributed by atoms with Crippen LogP contribution in [0.3, 0.4) is 0 Å². The second-order valence-electron chi connectivity index (χ2n) is 9.89. The van der Waals surface area contributed by atoms with Crippen molar-refractivity contribution in [2.45, 2.75) is 25.4 Å². The van der Waals surface area contributed by atoms with Crippen LogP contribution in [0, 0.1) is 0 Å². The van der Waals surface area contributed by atoms with Crippen molar-refractivity contribution < 1.29 is 45.1 Å². The number of fused-ring (bicyclic) bond motifs is 1. The van der Waals surface area contributed by atoms with E-state index in [1.807, 2.05) is 30.5 Å². The lowest BCUT2D eigenvalue weighted by molar-refractivity contribution is -0.134. The number of carbonyl (C=O) groups excluding carboxylic acids is 3. The van der Waals surface area contributed by atoms with Crippen molar-refractivity contribution in [2.24, 2.45) is 5.73 Å². The summed E-state index contributed by atoms with van der Waals surface area (Å²) >= 11 is 0. The minimum Gasteiger partial charge on any atom is -0.478 e. The first-order valence-electron chi connectivity index (χ1n) is 13.6. The van der Waals surface area contributed by atoms with Crippen LogP contribution in [-0.2, 0) is 33.8 Å². The van der Waals surface area contributed by atoms with Gasteiger partial charge in [0.25, 0.3) is 11.8 Å². The molecule has 0 bridgehead atoms. The molecule has 1 atom stereocenters. The number of carboxylic acids is 2. The highest BCUT2D eigenvalue weighted by atomic mass is 16.4. The van der Waals surface area contributed by atoms with Gasteiger partial charge < -0.3 is 42.5 Å². The number of carboxylic acid groups (broad SMARTS) is 2. The summed E-state index contributed by atoms with van der Waals surface area (Å²) in [4.78, 5) is 61.8. The Morgan fingerprint density at radius 1 is 0.891 bits per heavy atom. The number of hydrogen-bond donors (Lipinski definition) is 6. The summed E-state index contributed by atoms with van der Waals surface area (Å²) in [5.41, 5.74) is 10.7. The fourth-order valence-electron chi connectivity index (χ4n) is 4.68. The highest BCUT2D eigenvalue weighted by Gasteiger charge is 2.37. The van der Waals surface area contributed by atoms with Gasteiger partial charge in [0.05, 0.1) is 6.54 Å². The van der Waals surface area contributed by atoms with Gasteiger partial charge in [0, 0.05) is 46.9 Å². The van der Waals surface area contributed by atoms with Gasteiger partial charge >= 0.3 is 18.0 Å². The second-order valence-corrected chi connectivity index (χ2v) is 9.89. The molecule has 1 fully saturated rings. The summed E-state index contributed by atoms with van der Waals surface area (Å²) in [6, 6.07) is 21.0. The number of urea groups is 1. The van der Waals surface area contributed by atoms with Crippen molar-refractivity contribution in [1.29, 1.82) is 0 Å². The predicted octanol–water partition coefficient (Wildman–Crippen LogP) is 1.65. The standard InChI is InChI=1S/C28H27N5O3.C4H4O4.2H2O/c29-12-11-21-16-30-24-10-9-18(14-23(21)24)15-25-27(35)33(28(36)32-25)17-19-5-4-8-22(13-19)31-26(34)20-6-2-1-3-7-20;5-3(6)1-2-4(7)8;;/h1-10,13-14,16,25,30H,11-12,15,17,29H2,(H,31,34)(H,32,36);1-2H,(H,5,6)(H,7,8);2*1H2/b;2-1-;;. The number of amides is 4. The maximum Gasteiger partial charge on any atom is 0.328 e. The topological polar surface area (TPSA) is 258 Å². The van der Waals surface area contributed by atoms with E-state index >= 15 is 0 Å². The maximum absolute atomic E-state index is 13.1. The third-order valence-electron chi connectivity index (χ3n) is 6.72. The lowest BCUT2D eigenvalue weighted by atomic mass is 10.0. The van der Waals surface area contributed by atoms with Crippen molar-refractivity contribution in [2.75, 3.05) is 11.9 Å². The molecule has 4 amide bonds. The van der Waals surface area contributed by atoms with Gasteiger partial charge in [-0.1, -0.05) is 36.4 Å². The lowest BCUT2D eigenvalue weighted by Crippen LogP contribution is -2.32. The van der Waals surface area contributed by atoms with Gasteiger partial charge in [-0.25, -0.2) is 14.4 Å². The monoisotopic (exact) mass is 633 g/mol. The molecule has 0 radical (unpaired) electrons. The molecule has 14 heteroatoms. The van der Waals surface area contributed by atoms with Crippen LogP contribution in [0.2, 0.25) is 0 Å². The molecule has 4 aromatic rings. The van der Waals surface area contributed by atoms with E-state index in [0.29, 0.717) is 36.4 Å². The maximum atomic E-state index is 13.1. The number of carbonyl (C=O) groups is 5. The molecule has 3 aromatic carbocycles.